The van der Waals surface area contributed by atoms with E-state index < -0.39 is 0 Å². The second-order valence-electron chi connectivity index (χ2n) is 5.18. The first-order valence-electron chi connectivity index (χ1n) is 7.46. The van der Waals surface area contributed by atoms with Crippen molar-refractivity contribution in [3.63, 3.8) is 0 Å². The lowest BCUT2D eigenvalue weighted by molar-refractivity contribution is 0.0338. The highest BCUT2D eigenvalue weighted by atomic mass is 16.5. The minimum absolute atomic E-state index is 0.709. The van der Waals surface area contributed by atoms with Crippen LogP contribution in [0.2, 0.25) is 0 Å². The van der Waals surface area contributed by atoms with Gasteiger partial charge in [0.2, 0.25) is 0 Å². The highest BCUT2D eigenvalue weighted by Gasteiger charge is 2.14. The first-order chi connectivity index (χ1) is 10.2. The molecular weight excluding hydrogens is 266 g/mol. The van der Waals surface area contributed by atoms with Crippen molar-refractivity contribution in [2.45, 2.75) is 19.9 Å². The Hall–Kier alpha value is -1.56. The van der Waals surface area contributed by atoms with E-state index in [1.165, 1.54) is 5.56 Å². The SMILES string of the molecule is C=C(NN)c1ccc(OCCC)c(CN2CCOCC2)c1. The minimum Gasteiger partial charge on any atom is -0.493 e. The van der Waals surface area contributed by atoms with Crippen LogP contribution in [0.3, 0.4) is 0 Å². The lowest BCUT2D eigenvalue weighted by Gasteiger charge is -2.27. The van der Waals surface area contributed by atoms with Crippen LogP contribution in [0, 0.1) is 0 Å². The van der Waals surface area contributed by atoms with Crippen LogP contribution in [0.15, 0.2) is 24.8 Å². The van der Waals surface area contributed by atoms with Crippen molar-refractivity contribution in [2.75, 3.05) is 32.9 Å². The summed E-state index contributed by atoms with van der Waals surface area (Å²) in [5.41, 5.74) is 5.47. The zero-order valence-electron chi connectivity index (χ0n) is 12.7. The maximum atomic E-state index is 5.86. The predicted molar refractivity (Wildman–Crippen MR) is 84.7 cm³/mol. The van der Waals surface area contributed by atoms with Crippen molar-refractivity contribution in [1.29, 1.82) is 0 Å². The summed E-state index contributed by atoms with van der Waals surface area (Å²) in [6, 6.07) is 6.09. The first-order valence-corrected chi connectivity index (χ1v) is 7.46. The van der Waals surface area contributed by atoms with Gasteiger partial charge in [0.25, 0.3) is 0 Å². The number of ether oxygens (including phenoxy) is 2. The van der Waals surface area contributed by atoms with Crippen molar-refractivity contribution in [2.24, 2.45) is 5.84 Å². The molecule has 1 aliphatic rings. The maximum Gasteiger partial charge on any atom is 0.123 e. The van der Waals surface area contributed by atoms with Crippen LogP contribution in [0.5, 0.6) is 5.75 Å². The molecule has 0 unspecified atom stereocenters. The number of nitrogens with one attached hydrogen (secondary N) is 1. The summed E-state index contributed by atoms with van der Waals surface area (Å²) < 4.78 is 11.3. The third kappa shape index (κ3) is 4.46. The highest BCUT2D eigenvalue weighted by Crippen LogP contribution is 2.24. The van der Waals surface area contributed by atoms with E-state index >= 15 is 0 Å². The van der Waals surface area contributed by atoms with Crippen LogP contribution in [0.4, 0.5) is 0 Å². The fraction of sp³-hybridized carbons (Fsp3) is 0.500. The molecule has 1 heterocycles. The van der Waals surface area contributed by atoms with Crippen molar-refractivity contribution >= 4 is 5.70 Å². The monoisotopic (exact) mass is 291 g/mol. The summed E-state index contributed by atoms with van der Waals surface area (Å²) in [6.07, 6.45) is 0.996. The van der Waals surface area contributed by atoms with Crippen molar-refractivity contribution < 1.29 is 9.47 Å². The van der Waals surface area contributed by atoms with Crippen LogP contribution in [-0.4, -0.2) is 37.8 Å². The molecule has 0 atom stereocenters. The molecule has 0 aliphatic carbocycles. The van der Waals surface area contributed by atoms with Gasteiger partial charge in [-0.3, -0.25) is 10.7 Å². The third-order valence-corrected chi connectivity index (χ3v) is 3.54. The zero-order valence-corrected chi connectivity index (χ0v) is 12.7. The molecule has 1 saturated heterocycles. The van der Waals surface area contributed by atoms with Crippen molar-refractivity contribution in [3.05, 3.63) is 35.9 Å². The molecule has 0 saturated carbocycles. The Balaban J connectivity index is 2.17. The van der Waals surface area contributed by atoms with E-state index in [-0.39, 0.29) is 0 Å². The Morgan fingerprint density at radius 2 is 2.19 bits per heavy atom. The molecular formula is C16H25N3O2. The Labute approximate surface area is 126 Å². The predicted octanol–water partition coefficient (Wildman–Crippen LogP) is 1.74. The Kier molecular flexibility index (Phi) is 6.04. The smallest absolute Gasteiger partial charge is 0.123 e. The third-order valence-electron chi connectivity index (χ3n) is 3.54. The number of benzene rings is 1. The van der Waals surface area contributed by atoms with E-state index in [1.54, 1.807) is 0 Å². The van der Waals surface area contributed by atoms with Gasteiger partial charge in [0.05, 0.1) is 19.8 Å². The summed E-state index contributed by atoms with van der Waals surface area (Å²) in [5.74, 6) is 6.39. The molecule has 1 aliphatic heterocycles. The lowest BCUT2D eigenvalue weighted by Crippen LogP contribution is -2.35. The van der Waals surface area contributed by atoms with Crippen molar-refractivity contribution in [3.8, 4) is 5.75 Å². The summed E-state index contributed by atoms with van der Waals surface area (Å²) in [7, 11) is 0. The van der Waals surface area contributed by atoms with Gasteiger partial charge in [0.15, 0.2) is 0 Å². The van der Waals surface area contributed by atoms with E-state index in [9.17, 15) is 0 Å². The molecule has 0 bridgehead atoms. The largest absolute Gasteiger partial charge is 0.493 e. The van der Waals surface area contributed by atoms with E-state index in [0.29, 0.717) is 5.70 Å². The summed E-state index contributed by atoms with van der Waals surface area (Å²) >= 11 is 0. The van der Waals surface area contributed by atoms with Gasteiger partial charge in [0.1, 0.15) is 5.75 Å². The van der Waals surface area contributed by atoms with Crippen molar-refractivity contribution in [1.82, 2.24) is 10.3 Å². The molecule has 21 heavy (non-hydrogen) atoms. The molecule has 0 spiro atoms. The highest BCUT2D eigenvalue weighted by molar-refractivity contribution is 5.63. The van der Waals surface area contributed by atoms with Gasteiger partial charge in [-0.05, 0) is 30.2 Å². The van der Waals surface area contributed by atoms with Gasteiger partial charge in [-0.2, -0.15) is 0 Å². The van der Waals surface area contributed by atoms with Crippen LogP contribution in [-0.2, 0) is 11.3 Å². The number of hydrazine groups is 1. The van der Waals surface area contributed by atoms with Gasteiger partial charge in [0, 0.05) is 30.9 Å². The average molecular weight is 291 g/mol. The van der Waals surface area contributed by atoms with E-state index in [2.05, 4.69) is 29.9 Å². The average Bonchev–Trinajstić information content (AvgIpc) is 2.54. The van der Waals surface area contributed by atoms with Crippen LogP contribution in [0.1, 0.15) is 24.5 Å². The van der Waals surface area contributed by atoms with Crippen LogP contribution >= 0.6 is 0 Å². The molecule has 3 N–H and O–H groups in total. The summed E-state index contributed by atoms with van der Waals surface area (Å²) in [6.45, 7) is 11.1. The fourth-order valence-electron chi connectivity index (χ4n) is 2.33. The lowest BCUT2D eigenvalue weighted by atomic mass is 10.1. The van der Waals surface area contributed by atoms with Gasteiger partial charge >= 0.3 is 0 Å². The molecule has 0 radical (unpaired) electrons. The number of rotatable bonds is 7. The molecule has 1 aromatic rings. The van der Waals surface area contributed by atoms with E-state index in [4.69, 9.17) is 15.3 Å². The zero-order chi connectivity index (χ0) is 15.1. The van der Waals surface area contributed by atoms with Gasteiger partial charge in [-0.15, -0.1) is 0 Å². The molecule has 5 nitrogen and oxygen atoms in total. The summed E-state index contributed by atoms with van der Waals surface area (Å²) in [5, 5.41) is 0. The molecule has 116 valence electrons. The van der Waals surface area contributed by atoms with Gasteiger partial charge < -0.3 is 14.9 Å². The van der Waals surface area contributed by atoms with Crippen LogP contribution < -0.4 is 16.0 Å². The first kappa shape index (κ1) is 15.8. The Bertz CT molecular complexity index is 471. The molecule has 0 aromatic heterocycles. The second kappa shape index (κ2) is 8.02. The number of nitrogens with zero attached hydrogens (tertiary/aromatic N) is 1. The number of hydrogen-bond donors (Lipinski definition) is 2. The molecule has 1 fully saturated rings. The number of morpholine rings is 1. The molecule has 2 rings (SSSR count). The molecule has 0 amide bonds. The normalized spacial score (nSPS) is 15.7. The fourth-order valence-corrected chi connectivity index (χ4v) is 2.33. The van der Waals surface area contributed by atoms with E-state index in [0.717, 1.165) is 57.2 Å². The quantitative estimate of drug-likeness (QED) is 0.592. The maximum absolute atomic E-state index is 5.86. The standard InChI is InChI=1S/C16H25N3O2/c1-3-8-21-16-5-4-14(13(2)18-17)11-15(16)12-19-6-9-20-10-7-19/h4-5,11,18H,2-3,6-10,12,17H2,1H3. The molecule has 5 heteroatoms. The van der Waals surface area contributed by atoms with Gasteiger partial charge in [-0.25, -0.2) is 0 Å². The Morgan fingerprint density at radius 3 is 2.86 bits per heavy atom. The minimum atomic E-state index is 0.709. The van der Waals surface area contributed by atoms with Gasteiger partial charge in [-0.1, -0.05) is 13.5 Å². The Morgan fingerprint density at radius 1 is 1.43 bits per heavy atom. The summed E-state index contributed by atoms with van der Waals surface area (Å²) in [4.78, 5) is 2.38. The number of nitrogens with two attached hydrogens (primary N) is 1. The number of hydrogen-bond acceptors (Lipinski definition) is 5. The second-order valence-corrected chi connectivity index (χ2v) is 5.18. The van der Waals surface area contributed by atoms with Crippen LogP contribution in [0.25, 0.3) is 5.70 Å². The molecule has 1 aromatic carbocycles. The topological polar surface area (TPSA) is 59.8 Å². The van der Waals surface area contributed by atoms with E-state index in [1.807, 2.05) is 12.1 Å².